The van der Waals surface area contributed by atoms with Crippen LogP contribution < -0.4 is 10.9 Å². The van der Waals surface area contributed by atoms with Gasteiger partial charge in [0.15, 0.2) is 17.3 Å². The van der Waals surface area contributed by atoms with E-state index in [1.807, 2.05) is 42.7 Å². The van der Waals surface area contributed by atoms with E-state index in [0.29, 0.717) is 84.9 Å². The molecule has 4 heterocycles. The maximum atomic E-state index is 14.1. The summed E-state index contributed by atoms with van der Waals surface area (Å²) in [6.45, 7) is 6.86. The molecule has 3 N–H and O–H groups in total. The number of aromatic nitrogens is 6. The van der Waals surface area contributed by atoms with Gasteiger partial charge in [0, 0.05) is 23.8 Å². The number of halogens is 1. The molecular formula is C35H41ClN8O5. The van der Waals surface area contributed by atoms with Crippen LogP contribution in [-0.2, 0) is 22.5 Å². The number of hydrogen-bond acceptors (Lipinski definition) is 8. The number of rotatable bonds is 11. The zero-order valence-corrected chi connectivity index (χ0v) is 28.7. The summed E-state index contributed by atoms with van der Waals surface area (Å²) in [5.41, 5.74) is 4.24. The Hall–Kier alpha value is -4.49. The van der Waals surface area contributed by atoms with Crippen molar-refractivity contribution in [2.24, 2.45) is 0 Å². The van der Waals surface area contributed by atoms with Crippen molar-refractivity contribution in [1.82, 2.24) is 34.3 Å². The SMILES string of the molecule is CCN(C(=O)c1[nH]nc(C)c1O)C(C)CCC1CCc2c1c(=O)n1nc(C3=CCOCC3)nc1n2CC(=O)Nc1ccc(C2CC2)cc1Cl. The van der Waals surface area contributed by atoms with Gasteiger partial charge in [-0.15, -0.1) is 5.10 Å². The minimum atomic E-state index is -0.324. The number of nitrogens with one attached hydrogen (secondary N) is 2. The summed E-state index contributed by atoms with van der Waals surface area (Å²) < 4.78 is 8.63. The smallest absolute Gasteiger partial charge is 0.279 e. The highest BCUT2D eigenvalue weighted by atomic mass is 35.5. The van der Waals surface area contributed by atoms with Crippen molar-refractivity contribution in [3.8, 4) is 5.75 Å². The van der Waals surface area contributed by atoms with Crippen LogP contribution in [0.5, 0.6) is 5.75 Å². The molecule has 1 saturated carbocycles. The number of carbonyl (C=O) groups is 2. The lowest BCUT2D eigenvalue weighted by atomic mass is 9.95. The first kappa shape index (κ1) is 33.0. The maximum absolute atomic E-state index is 14.1. The molecule has 2 aliphatic carbocycles. The number of aryl methyl sites for hydroxylation is 1. The molecule has 1 aliphatic heterocycles. The third-order valence-corrected chi connectivity index (χ3v) is 10.4. The van der Waals surface area contributed by atoms with Crippen molar-refractivity contribution in [1.29, 1.82) is 0 Å². The van der Waals surface area contributed by atoms with Crippen molar-refractivity contribution >= 4 is 40.5 Å². The highest BCUT2D eigenvalue weighted by molar-refractivity contribution is 6.33. The predicted octanol–water partition coefficient (Wildman–Crippen LogP) is 4.96. The number of aromatic amines is 1. The predicted molar refractivity (Wildman–Crippen MR) is 184 cm³/mol. The van der Waals surface area contributed by atoms with E-state index >= 15 is 0 Å². The van der Waals surface area contributed by atoms with Gasteiger partial charge < -0.3 is 24.6 Å². The second kappa shape index (κ2) is 13.4. The molecule has 1 fully saturated rings. The van der Waals surface area contributed by atoms with Gasteiger partial charge in [0.25, 0.3) is 11.5 Å². The summed E-state index contributed by atoms with van der Waals surface area (Å²) in [6.07, 6.45) is 7.46. The van der Waals surface area contributed by atoms with Crippen LogP contribution in [0.4, 0.5) is 5.69 Å². The van der Waals surface area contributed by atoms with Gasteiger partial charge in [0.05, 0.1) is 23.9 Å². The van der Waals surface area contributed by atoms with Gasteiger partial charge in [-0.2, -0.15) is 14.6 Å². The Labute approximate surface area is 288 Å². The van der Waals surface area contributed by atoms with E-state index in [-0.39, 0.29) is 47.3 Å². The van der Waals surface area contributed by atoms with Crippen LogP contribution >= 0.6 is 11.6 Å². The molecule has 49 heavy (non-hydrogen) atoms. The van der Waals surface area contributed by atoms with Gasteiger partial charge in [-0.3, -0.25) is 19.5 Å². The molecule has 0 saturated heterocycles. The first-order valence-corrected chi connectivity index (χ1v) is 17.5. The second-order valence-corrected chi connectivity index (χ2v) is 13.7. The van der Waals surface area contributed by atoms with Crippen molar-refractivity contribution in [3.05, 3.63) is 73.7 Å². The molecule has 0 radical (unpaired) electrons. The number of aromatic hydroxyl groups is 1. The van der Waals surface area contributed by atoms with E-state index in [9.17, 15) is 19.5 Å². The third kappa shape index (κ3) is 6.37. The molecule has 2 unspecified atom stereocenters. The van der Waals surface area contributed by atoms with Crippen LogP contribution in [-0.4, -0.2) is 77.0 Å². The number of hydrogen-bond donors (Lipinski definition) is 3. The number of H-pyrrole nitrogens is 1. The summed E-state index contributed by atoms with van der Waals surface area (Å²) in [7, 11) is 0. The molecule has 4 aromatic rings. The standard InChI is InChI=1S/C35H41ClN8O5/c1-4-42(34(48)30-31(46)20(3)39-40-30)19(2)5-6-22-10-12-27-29(22)33(47)44-35(38-32(41-44)23-13-15-49-16-14-23)43(27)18-28(45)37-26-11-9-24(17-25(26)36)21-7-8-21/h9,11,13,17,19,21-22,46H,4-8,10,12,14-16,18H2,1-3H3,(H,37,45)(H,39,40). The zero-order chi connectivity index (χ0) is 34.4. The maximum Gasteiger partial charge on any atom is 0.279 e. The lowest BCUT2D eigenvalue weighted by Crippen LogP contribution is -2.39. The van der Waals surface area contributed by atoms with Crippen LogP contribution in [0.2, 0.25) is 5.02 Å². The van der Waals surface area contributed by atoms with Crippen LogP contribution in [0.3, 0.4) is 0 Å². The summed E-state index contributed by atoms with van der Waals surface area (Å²) in [5, 5.41) is 25.1. The molecule has 3 aromatic heterocycles. The molecule has 14 heteroatoms. The lowest BCUT2D eigenvalue weighted by Gasteiger charge is -2.28. The Kier molecular flexibility index (Phi) is 9.05. The number of nitrogens with zero attached hydrogens (tertiary/aromatic N) is 6. The molecule has 2 atom stereocenters. The molecule has 0 bridgehead atoms. The highest BCUT2D eigenvalue weighted by Crippen LogP contribution is 2.42. The largest absolute Gasteiger partial charge is 0.504 e. The minimum absolute atomic E-state index is 0.0680. The monoisotopic (exact) mass is 688 g/mol. The van der Waals surface area contributed by atoms with Crippen molar-refractivity contribution in [2.45, 2.75) is 90.1 Å². The fourth-order valence-electron chi connectivity index (χ4n) is 7.18. The van der Waals surface area contributed by atoms with Crippen LogP contribution in [0.1, 0.15) is 103 Å². The lowest BCUT2D eigenvalue weighted by molar-refractivity contribution is -0.116. The minimum Gasteiger partial charge on any atom is -0.504 e. The Morgan fingerprint density at radius 2 is 2.06 bits per heavy atom. The van der Waals surface area contributed by atoms with Gasteiger partial charge in [-0.1, -0.05) is 23.7 Å². The van der Waals surface area contributed by atoms with Crippen molar-refractivity contribution in [2.75, 3.05) is 25.1 Å². The van der Waals surface area contributed by atoms with E-state index in [0.717, 1.165) is 30.5 Å². The summed E-state index contributed by atoms with van der Waals surface area (Å²) >= 11 is 6.57. The number of benzene rings is 1. The zero-order valence-electron chi connectivity index (χ0n) is 28.0. The highest BCUT2D eigenvalue weighted by Gasteiger charge is 2.34. The Morgan fingerprint density at radius 3 is 2.73 bits per heavy atom. The van der Waals surface area contributed by atoms with E-state index < -0.39 is 0 Å². The molecule has 1 aromatic carbocycles. The average Bonchev–Trinajstić information content (AvgIpc) is 3.55. The van der Waals surface area contributed by atoms with E-state index in [1.165, 1.54) is 10.1 Å². The molecule has 2 amide bonds. The summed E-state index contributed by atoms with van der Waals surface area (Å²) in [5.74, 6) is 0.474. The first-order valence-electron chi connectivity index (χ1n) is 17.1. The van der Waals surface area contributed by atoms with E-state index in [1.54, 1.807) is 11.8 Å². The average molecular weight is 689 g/mol. The molecule has 3 aliphatic rings. The topological polar surface area (TPSA) is 160 Å². The van der Waals surface area contributed by atoms with Crippen LogP contribution in [0.25, 0.3) is 11.4 Å². The summed E-state index contributed by atoms with van der Waals surface area (Å²) in [6, 6.07) is 5.62. The Bertz CT molecular complexity index is 2030. The number of anilines is 1. The van der Waals surface area contributed by atoms with Crippen molar-refractivity contribution < 1.29 is 19.4 Å². The summed E-state index contributed by atoms with van der Waals surface area (Å²) in [4.78, 5) is 47.5. The number of amides is 2. The number of carbonyl (C=O) groups excluding carboxylic acids is 2. The Balaban J connectivity index is 1.17. The van der Waals surface area contributed by atoms with Gasteiger partial charge in [0.1, 0.15) is 12.2 Å². The van der Waals surface area contributed by atoms with E-state index in [4.69, 9.17) is 21.3 Å². The Morgan fingerprint density at radius 1 is 1.24 bits per heavy atom. The van der Waals surface area contributed by atoms with Gasteiger partial charge in [0.2, 0.25) is 11.7 Å². The van der Waals surface area contributed by atoms with Crippen LogP contribution in [0.15, 0.2) is 29.1 Å². The number of ether oxygens (including phenoxy) is 1. The van der Waals surface area contributed by atoms with Gasteiger partial charge in [-0.05, 0) is 101 Å². The molecule has 258 valence electrons. The third-order valence-electron chi connectivity index (χ3n) is 10.1. The molecule has 0 spiro atoms. The normalized spacial score (nSPS) is 18.0. The fraction of sp³-hybridized carbons (Fsp3) is 0.486. The molecule has 13 nitrogen and oxygen atoms in total. The van der Waals surface area contributed by atoms with Crippen LogP contribution in [0, 0.1) is 6.92 Å². The molecule has 7 rings (SSSR count). The fourth-order valence-corrected chi connectivity index (χ4v) is 7.42. The van der Waals surface area contributed by atoms with E-state index in [2.05, 4.69) is 20.6 Å². The van der Waals surface area contributed by atoms with Crippen molar-refractivity contribution in [3.63, 3.8) is 0 Å². The number of fused-ring (bicyclic) bond motifs is 2. The van der Waals surface area contributed by atoms with Gasteiger partial charge in [-0.25, -0.2) is 0 Å². The molecular weight excluding hydrogens is 648 g/mol. The first-order chi connectivity index (χ1) is 23.6. The quantitative estimate of drug-likeness (QED) is 0.199. The second-order valence-electron chi connectivity index (χ2n) is 13.3. The van der Waals surface area contributed by atoms with Gasteiger partial charge >= 0.3 is 0 Å².